The lowest BCUT2D eigenvalue weighted by Gasteiger charge is -2.43. The summed E-state index contributed by atoms with van der Waals surface area (Å²) >= 11 is 0. The van der Waals surface area contributed by atoms with Crippen molar-refractivity contribution in [1.29, 1.82) is 0 Å². The van der Waals surface area contributed by atoms with Crippen LogP contribution in [0.25, 0.3) is 0 Å². The molecule has 1 heterocycles. The summed E-state index contributed by atoms with van der Waals surface area (Å²) in [5, 5.41) is 23.1. The number of ether oxygens (including phenoxy) is 8. The number of carbonyl (C=O) groups excluding carboxylic acids is 5. The third-order valence-electron chi connectivity index (χ3n) is 6.53. The van der Waals surface area contributed by atoms with Crippen LogP contribution in [0.15, 0.2) is 42.5 Å². The van der Waals surface area contributed by atoms with Crippen LogP contribution in [0.4, 0.5) is 16.2 Å². The Hall–Kier alpha value is -6.29. The molecule has 0 aliphatic carbocycles. The molecule has 2 aromatic carbocycles. The third kappa shape index (κ3) is 10.6. The van der Waals surface area contributed by atoms with E-state index < -0.39 is 94.7 Å². The molecule has 0 bridgehead atoms. The topological polar surface area (TPSA) is 245 Å². The molecular weight excluding hydrogens is 672 g/mol. The molecule has 0 N–H and O–H groups in total. The highest BCUT2D eigenvalue weighted by atomic mass is 16.7. The zero-order valence-corrected chi connectivity index (χ0v) is 26.8. The van der Waals surface area contributed by atoms with E-state index in [1.807, 2.05) is 0 Å². The van der Waals surface area contributed by atoms with Gasteiger partial charge in [-0.05, 0) is 18.2 Å². The fourth-order valence-electron chi connectivity index (χ4n) is 4.59. The number of terminal acetylenes is 1. The second kappa shape index (κ2) is 17.2. The molecule has 6 atom stereocenters. The normalized spacial score (nSPS) is 20.1. The minimum atomic E-state index is -1.78. The number of benzene rings is 2. The molecule has 1 aliphatic rings. The van der Waals surface area contributed by atoms with Crippen molar-refractivity contribution in [2.24, 2.45) is 0 Å². The average Bonchev–Trinajstić information content (AvgIpc) is 3.02. The van der Waals surface area contributed by atoms with Gasteiger partial charge in [0.2, 0.25) is 12.4 Å². The fraction of sp³-hybridized carbons (Fsp3) is 0.387. The van der Waals surface area contributed by atoms with Crippen LogP contribution in [0.1, 0.15) is 45.8 Å². The SMILES string of the molecule is C#CCC(OC(=O)Oc1ccc([N+](=O)[O-])cc1)c1ccc(O[C@@H]2OC(COC(C)=O)[C@H](OC(C)=O)C(OC(C)=O)C2OC(C)=O)c([N+](=O)[O-])c1. The molecule has 4 unspecified atom stereocenters. The molecule has 50 heavy (non-hydrogen) atoms. The third-order valence-corrected chi connectivity index (χ3v) is 6.53. The molecule has 19 heteroatoms. The van der Waals surface area contributed by atoms with E-state index in [9.17, 15) is 44.2 Å². The van der Waals surface area contributed by atoms with E-state index in [1.54, 1.807) is 0 Å². The molecule has 0 amide bonds. The Kier molecular flexibility index (Phi) is 13.1. The summed E-state index contributed by atoms with van der Waals surface area (Å²) < 4.78 is 42.9. The second-order valence-electron chi connectivity index (χ2n) is 10.3. The van der Waals surface area contributed by atoms with Crippen LogP contribution in [0.5, 0.6) is 11.5 Å². The van der Waals surface area contributed by atoms with E-state index in [1.165, 1.54) is 6.07 Å². The number of esters is 4. The van der Waals surface area contributed by atoms with E-state index >= 15 is 0 Å². The van der Waals surface area contributed by atoms with Crippen LogP contribution < -0.4 is 9.47 Å². The highest BCUT2D eigenvalue weighted by molar-refractivity contribution is 5.69. The lowest BCUT2D eigenvalue weighted by atomic mass is 9.98. The van der Waals surface area contributed by atoms with Gasteiger partial charge in [0.25, 0.3) is 5.69 Å². The Balaban J connectivity index is 1.96. The van der Waals surface area contributed by atoms with Crippen LogP contribution in [0, 0.1) is 32.6 Å². The van der Waals surface area contributed by atoms with Gasteiger partial charge in [-0.25, -0.2) is 4.79 Å². The van der Waals surface area contributed by atoms with Crippen LogP contribution in [0.3, 0.4) is 0 Å². The first-order valence-corrected chi connectivity index (χ1v) is 14.4. The number of carbonyl (C=O) groups is 5. The molecular formula is C31H30N2O17. The first-order chi connectivity index (χ1) is 23.6. The molecule has 1 fully saturated rings. The Morgan fingerprint density at radius 2 is 1.44 bits per heavy atom. The molecule has 0 radical (unpaired) electrons. The maximum atomic E-state index is 12.5. The zero-order valence-electron chi connectivity index (χ0n) is 26.8. The van der Waals surface area contributed by atoms with Crippen molar-refractivity contribution in [3.63, 3.8) is 0 Å². The predicted molar refractivity (Wildman–Crippen MR) is 162 cm³/mol. The highest BCUT2D eigenvalue weighted by Crippen LogP contribution is 2.37. The van der Waals surface area contributed by atoms with Gasteiger partial charge in [0.05, 0.1) is 16.3 Å². The van der Waals surface area contributed by atoms with Crippen molar-refractivity contribution in [2.45, 2.75) is 70.9 Å². The van der Waals surface area contributed by atoms with E-state index in [2.05, 4.69) is 5.92 Å². The fourth-order valence-corrected chi connectivity index (χ4v) is 4.59. The van der Waals surface area contributed by atoms with Gasteiger partial charge in [0.1, 0.15) is 24.6 Å². The monoisotopic (exact) mass is 702 g/mol. The molecule has 0 spiro atoms. The number of rotatable bonds is 13. The summed E-state index contributed by atoms with van der Waals surface area (Å²) in [5.74, 6) is -1.75. The lowest BCUT2D eigenvalue weighted by molar-refractivity contribution is -0.387. The molecule has 1 saturated heterocycles. The summed E-state index contributed by atoms with van der Waals surface area (Å²) in [6.07, 6.45) is -5.36. The molecule has 3 rings (SSSR count). The predicted octanol–water partition coefficient (Wildman–Crippen LogP) is 3.24. The number of hydrogen-bond acceptors (Lipinski definition) is 17. The number of nitro groups is 2. The molecule has 0 saturated carbocycles. The maximum Gasteiger partial charge on any atom is 0.514 e. The number of hydrogen-bond donors (Lipinski definition) is 0. The number of non-ortho nitro benzene ring substituents is 1. The van der Waals surface area contributed by atoms with Crippen molar-refractivity contribution in [3.05, 3.63) is 68.3 Å². The minimum Gasteiger partial charge on any atom is -0.463 e. The smallest absolute Gasteiger partial charge is 0.463 e. The summed E-state index contributed by atoms with van der Waals surface area (Å²) in [5.41, 5.74) is -0.955. The van der Waals surface area contributed by atoms with Crippen LogP contribution in [0.2, 0.25) is 0 Å². The van der Waals surface area contributed by atoms with E-state index in [0.29, 0.717) is 0 Å². The van der Waals surface area contributed by atoms with Gasteiger partial charge < -0.3 is 37.9 Å². The highest BCUT2D eigenvalue weighted by Gasteiger charge is 2.53. The zero-order chi connectivity index (χ0) is 37.1. The van der Waals surface area contributed by atoms with Crippen LogP contribution >= 0.6 is 0 Å². The van der Waals surface area contributed by atoms with Gasteiger partial charge in [-0.1, -0.05) is 6.07 Å². The van der Waals surface area contributed by atoms with Gasteiger partial charge in [0.15, 0.2) is 18.0 Å². The maximum absolute atomic E-state index is 12.5. The largest absolute Gasteiger partial charge is 0.514 e. The summed E-state index contributed by atoms with van der Waals surface area (Å²) in [7, 11) is 0. The Morgan fingerprint density at radius 1 is 0.840 bits per heavy atom. The standard InChI is InChI=1S/C31H30N2O17/c1-6-7-24(50-31(38)47-22-11-9-21(10-12-22)32(39)40)20-8-13-25(23(14-20)33(41)42)48-30-29(46-19(5)37)28(45-18(4)36)27(44-17(3)35)26(49-30)15-43-16(2)34/h1,8-14,24,26-30H,7,15H2,2-5H3/t24?,26?,27-,28?,29?,30+/m0/s1. The molecule has 19 nitrogen and oxygen atoms in total. The van der Waals surface area contributed by atoms with Crippen molar-refractivity contribution in [2.75, 3.05) is 6.61 Å². The Bertz CT molecular complexity index is 1670. The first-order valence-electron chi connectivity index (χ1n) is 14.4. The quantitative estimate of drug-likeness (QED) is 0.0725. The van der Waals surface area contributed by atoms with Crippen molar-refractivity contribution >= 4 is 41.4 Å². The molecule has 0 aromatic heterocycles. The number of nitrogens with zero attached hydrogens (tertiary/aromatic N) is 2. The first kappa shape index (κ1) is 38.2. The molecule has 1 aliphatic heterocycles. The van der Waals surface area contributed by atoms with Crippen molar-refractivity contribution in [3.8, 4) is 23.8 Å². The van der Waals surface area contributed by atoms with E-state index in [-0.39, 0.29) is 23.4 Å². The van der Waals surface area contributed by atoms with Gasteiger partial charge in [-0.15, -0.1) is 12.3 Å². The van der Waals surface area contributed by atoms with Crippen molar-refractivity contribution in [1.82, 2.24) is 0 Å². The van der Waals surface area contributed by atoms with Crippen molar-refractivity contribution < 1.29 is 71.7 Å². The van der Waals surface area contributed by atoms with Gasteiger partial charge in [-0.2, -0.15) is 0 Å². The Morgan fingerprint density at radius 3 is 1.98 bits per heavy atom. The summed E-state index contributed by atoms with van der Waals surface area (Å²) in [4.78, 5) is 81.8. The molecule has 2 aromatic rings. The van der Waals surface area contributed by atoms with Crippen LogP contribution in [-0.2, 0) is 47.6 Å². The van der Waals surface area contributed by atoms with Gasteiger partial charge in [-0.3, -0.25) is 39.4 Å². The Labute approximate surface area is 282 Å². The molecule has 266 valence electrons. The van der Waals surface area contributed by atoms with E-state index in [0.717, 1.165) is 64.1 Å². The van der Waals surface area contributed by atoms with Gasteiger partial charge in [0, 0.05) is 51.5 Å². The number of nitro benzene ring substituents is 2. The van der Waals surface area contributed by atoms with E-state index in [4.69, 9.17) is 44.3 Å². The minimum absolute atomic E-state index is 0.0178. The average molecular weight is 703 g/mol. The van der Waals surface area contributed by atoms with Crippen LogP contribution in [-0.4, -0.2) is 77.2 Å². The summed E-state index contributed by atoms with van der Waals surface area (Å²) in [6.45, 7) is 3.57. The summed E-state index contributed by atoms with van der Waals surface area (Å²) in [6, 6.07) is 7.82. The lowest BCUT2D eigenvalue weighted by Crippen LogP contribution is -2.63. The van der Waals surface area contributed by atoms with Gasteiger partial charge >= 0.3 is 35.7 Å². The second-order valence-corrected chi connectivity index (χ2v) is 10.3.